The highest BCUT2D eigenvalue weighted by molar-refractivity contribution is 7.92. The normalized spacial score (nSPS) is 12.4. The molecule has 5 nitrogen and oxygen atoms in total. The monoisotopic (exact) mass is 316 g/mol. The van der Waals surface area contributed by atoms with Crippen molar-refractivity contribution < 1.29 is 13.5 Å². The van der Waals surface area contributed by atoms with E-state index >= 15 is 0 Å². The Morgan fingerprint density at radius 1 is 1.18 bits per heavy atom. The molecule has 22 heavy (non-hydrogen) atoms. The van der Waals surface area contributed by atoms with E-state index < -0.39 is 16.1 Å². The molecule has 0 aliphatic heterocycles. The molecule has 0 amide bonds. The number of nitrogens with zero attached hydrogens (tertiary/aromatic N) is 2. The molecule has 0 bridgehead atoms. The number of hydrogen-bond donors (Lipinski definition) is 1. The van der Waals surface area contributed by atoms with Gasteiger partial charge in [0.25, 0.3) is 10.0 Å². The number of para-hydroxylation sites is 1. The van der Waals surface area contributed by atoms with Crippen molar-refractivity contribution in [1.29, 1.82) is 5.26 Å². The van der Waals surface area contributed by atoms with Crippen LogP contribution in [0.3, 0.4) is 0 Å². The van der Waals surface area contributed by atoms with Gasteiger partial charge in [-0.1, -0.05) is 24.3 Å². The first-order chi connectivity index (χ1) is 10.4. The quantitative estimate of drug-likeness (QED) is 0.916. The SMILES string of the molecule is CC(O)CN(c1ccccc1)S(=O)(=O)c1cccc(C#N)c1. The van der Waals surface area contributed by atoms with Gasteiger partial charge in [0.15, 0.2) is 0 Å². The first-order valence-electron chi connectivity index (χ1n) is 6.71. The average molecular weight is 316 g/mol. The molecule has 2 rings (SSSR count). The van der Waals surface area contributed by atoms with Crippen molar-refractivity contribution in [2.24, 2.45) is 0 Å². The summed E-state index contributed by atoms with van der Waals surface area (Å²) in [6.07, 6.45) is -0.825. The van der Waals surface area contributed by atoms with Crippen molar-refractivity contribution >= 4 is 15.7 Å². The van der Waals surface area contributed by atoms with Crippen molar-refractivity contribution in [2.75, 3.05) is 10.8 Å². The van der Waals surface area contributed by atoms with E-state index in [0.717, 1.165) is 4.31 Å². The number of nitriles is 1. The van der Waals surface area contributed by atoms with E-state index in [1.54, 1.807) is 36.4 Å². The Labute approximate surface area is 130 Å². The van der Waals surface area contributed by atoms with Crippen LogP contribution in [0.25, 0.3) is 0 Å². The van der Waals surface area contributed by atoms with Crippen LogP contribution < -0.4 is 4.31 Å². The van der Waals surface area contributed by atoms with Gasteiger partial charge in [-0.2, -0.15) is 5.26 Å². The van der Waals surface area contributed by atoms with E-state index in [2.05, 4.69) is 0 Å². The summed E-state index contributed by atoms with van der Waals surface area (Å²) in [6, 6.07) is 16.3. The number of benzene rings is 2. The van der Waals surface area contributed by atoms with E-state index in [-0.39, 0.29) is 17.0 Å². The number of anilines is 1. The summed E-state index contributed by atoms with van der Waals surface area (Å²) in [7, 11) is -3.86. The molecule has 0 aliphatic carbocycles. The summed E-state index contributed by atoms with van der Waals surface area (Å²) in [5, 5.41) is 18.6. The van der Waals surface area contributed by atoms with Gasteiger partial charge in [0.2, 0.25) is 0 Å². The lowest BCUT2D eigenvalue weighted by Crippen LogP contribution is -2.36. The molecule has 0 fully saturated rings. The van der Waals surface area contributed by atoms with E-state index in [1.165, 1.54) is 25.1 Å². The van der Waals surface area contributed by atoms with Gasteiger partial charge in [0, 0.05) is 0 Å². The van der Waals surface area contributed by atoms with Gasteiger partial charge in [-0.25, -0.2) is 8.42 Å². The first-order valence-corrected chi connectivity index (χ1v) is 8.15. The molecule has 0 saturated carbocycles. The van der Waals surface area contributed by atoms with Gasteiger partial charge >= 0.3 is 0 Å². The van der Waals surface area contributed by atoms with E-state index in [0.29, 0.717) is 5.69 Å². The van der Waals surface area contributed by atoms with Crippen LogP contribution in [-0.4, -0.2) is 26.2 Å². The first kappa shape index (κ1) is 16.0. The third-order valence-electron chi connectivity index (χ3n) is 3.03. The van der Waals surface area contributed by atoms with Crippen LogP contribution >= 0.6 is 0 Å². The topological polar surface area (TPSA) is 81.4 Å². The van der Waals surface area contributed by atoms with Crippen molar-refractivity contribution in [3.63, 3.8) is 0 Å². The Morgan fingerprint density at radius 3 is 2.45 bits per heavy atom. The number of sulfonamides is 1. The molecule has 0 heterocycles. The Morgan fingerprint density at radius 2 is 1.86 bits per heavy atom. The summed E-state index contributed by atoms with van der Waals surface area (Å²) < 4.78 is 26.8. The second-order valence-electron chi connectivity index (χ2n) is 4.86. The molecule has 2 aromatic rings. The zero-order chi connectivity index (χ0) is 16.2. The third-order valence-corrected chi connectivity index (χ3v) is 4.82. The second kappa shape index (κ2) is 6.60. The number of rotatable bonds is 5. The lowest BCUT2D eigenvalue weighted by molar-refractivity contribution is 0.204. The molecule has 114 valence electrons. The molecule has 6 heteroatoms. The summed E-state index contributed by atoms with van der Waals surface area (Å²) in [5.41, 5.74) is 0.733. The molecule has 0 aliphatic rings. The highest BCUT2D eigenvalue weighted by atomic mass is 32.2. The van der Waals surface area contributed by atoms with Gasteiger partial charge in [-0.15, -0.1) is 0 Å². The summed E-state index contributed by atoms with van der Waals surface area (Å²) >= 11 is 0. The highest BCUT2D eigenvalue weighted by Crippen LogP contribution is 2.24. The van der Waals surface area contributed by atoms with Gasteiger partial charge in [0.1, 0.15) is 0 Å². The van der Waals surface area contributed by atoms with Crippen molar-refractivity contribution in [1.82, 2.24) is 0 Å². The predicted molar refractivity (Wildman–Crippen MR) is 83.8 cm³/mol. The van der Waals surface area contributed by atoms with Crippen LogP contribution in [0.15, 0.2) is 59.5 Å². The molecule has 1 unspecified atom stereocenters. The molecule has 0 spiro atoms. The fourth-order valence-electron chi connectivity index (χ4n) is 2.03. The molecule has 2 aromatic carbocycles. The van der Waals surface area contributed by atoms with Crippen LogP contribution in [0.5, 0.6) is 0 Å². The number of aliphatic hydroxyl groups excluding tert-OH is 1. The molecule has 0 radical (unpaired) electrons. The average Bonchev–Trinajstić information content (AvgIpc) is 2.53. The minimum absolute atomic E-state index is 0.0241. The predicted octanol–water partition coefficient (Wildman–Crippen LogP) is 2.13. The Balaban J connectivity index is 2.52. The fourth-order valence-corrected chi connectivity index (χ4v) is 3.62. The summed E-state index contributed by atoms with van der Waals surface area (Å²) in [6.45, 7) is 1.46. The molecular formula is C16H16N2O3S. The molecule has 1 atom stereocenters. The van der Waals surface area contributed by atoms with Gasteiger partial charge in [-0.3, -0.25) is 4.31 Å². The van der Waals surface area contributed by atoms with Gasteiger partial charge in [0.05, 0.1) is 34.9 Å². The minimum atomic E-state index is -3.86. The second-order valence-corrected chi connectivity index (χ2v) is 6.72. The maximum Gasteiger partial charge on any atom is 0.264 e. The minimum Gasteiger partial charge on any atom is -0.392 e. The van der Waals surface area contributed by atoms with Gasteiger partial charge in [-0.05, 0) is 37.3 Å². The molecule has 0 aromatic heterocycles. The lowest BCUT2D eigenvalue weighted by atomic mass is 10.2. The summed E-state index contributed by atoms with van der Waals surface area (Å²) in [5.74, 6) is 0. The van der Waals surface area contributed by atoms with Crippen LogP contribution in [-0.2, 0) is 10.0 Å². The molecule has 0 saturated heterocycles. The van der Waals surface area contributed by atoms with Gasteiger partial charge < -0.3 is 5.11 Å². The van der Waals surface area contributed by atoms with Crippen LogP contribution in [0, 0.1) is 11.3 Å². The molecular weight excluding hydrogens is 300 g/mol. The van der Waals surface area contributed by atoms with E-state index in [4.69, 9.17) is 5.26 Å². The van der Waals surface area contributed by atoms with Crippen LogP contribution in [0.4, 0.5) is 5.69 Å². The van der Waals surface area contributed by atoms with Crippen LogP contribution in [0.2, 0.25) is 0 Å². The maximum absolute atomic E-state index is 12.8. The highest BCUT2D eigenvalue weighted by Gasteiger charge is 2.26. The smallest absolute Gasteiger partial charge is 0.264 e. The lowest BCUT2D eigenvalue weighted by Gasteiger charge is -2.25. The fraction of sp³-hybridized carbons (Fsp3) is 0.188. The summed E-state index contributed by atoms with van der Waals surface area (Å²) in [4.78, 5) is 0.0241. The number of aliphatic hydroxyl groups is 1. The van der Waals surface area contributed by atoms with E-state index in [1.807, 2.05) is 6.07 Å². The molecule has 1 N–H and O–H groups in total. The Bertz CT molecular complexity index is 781. The zero-order valence-electron chi connectivity index (χ0n) is 12.0. The van der Waals surface area contributed by atoms with E-state index in [9.17, 15) is 13.5 Å². The maximum atomic E-state index is 12.8. The Hall–Kier alpha value is -2.36. The third kappa shape index (κ3) is 3.45. The Kier molecular flexibility index (Phi) is 4.81. The van der Waals surface area contributed by atoms with Crippen LogP contribution in [0.1, 0.15) is 12.5 Å². The standard InChI is InChI=1S/C16H16N2O3S/c1-13(19)12-18(15-7-3-2-4-8-15)22(20,21)16-9-5-6-14(10-16)11-17/h2-10,13,19H,12H2,1H3. The largest absolute Gasteiger partial charge is 0.392 e. The van der Waals surface area contributed by atoms with Crippen molar-refractivity contribution in [2.45, 2.75) is 17.9 Å². The zero-order valence-corrected chi connectivity index (χ0v) is 12.9. The van der Waals surface area contributed by atoms with Crippen molar-refractivity contribution in [3.05, 3.63) is 60.2 Å². The number of hydrogen-bond acceptors (Lipinski definition) is 4. The van der Waals surface area contributed by atoms with Crippen molar-refractivity contribution in [3.8, 4) is 6.07 Å².